The average molecular weight is 356 g/mol. The van der Waals surface area contributed by atoms with Gasteiger partial charge in [-0.2, -0.15) is 0 Å². The summed E-state index contributed by atoms with van der Waals surface area (Å²) in [6.45, 7) is 8.03. The van der Waals surface area contributed by atoms with E-state index in [1.807, 2.05) is 50.2 Å². The van der Waals surface area contributed by atoms with Crippen LogP contribution in [0, 0.1) is 6.92 Å². The molecule has 0 aromatic heterocycles. The SMILES string of the molecule is CCOCCOc1cccc(NC(=O)CNc2c(C)cccc2CC)c1. The topological polar surface area (TPSA) is 59.6 Å². The van der Waals surface area contributed by atoms with Crippen LogP contribution in [0.3, 0.4) is 0 Å². The Balaban J connectivity index is 1.88. The van der Waals surface area contributed by atoms with Crippen molar-refractivity contribution in [3.8, 4) is 5.75 Å². The van der Waals surface area contributed by atoms with Crippen LogP contribution in [0.25, 0.3) is 0 Å². The molecular weight excluding hydrogens is 328 g/mol. The summed E-state index contributed by atoms with van der Waals surface area (Å²) in [4.78, 5) is 12.3. The highest BCUT2D eigenvalue weighted by Crippen LogP contribution is 2.21. The maximum absolute atomic E-state index is 12.3. The van der Waals surface area contributed by atoms with Crippen LogP contribution in [-0.2, 0) is 16.0 Å². The van der Waals surface area contributed by atoms with Crippen molar-refractivity contribution < 1.29 is 14.3 Å². The van der Waals surface area contributed by atoms with Crippen molar-refractivity contribution in [3.63, 3.8) is 0 Å². The van der Waals surface area contributed by atoms with E-state index in [-0.39, 0.29) is 12.5 Å². The van der Waals surface area contributed by atoms with Gasteiger partial charge in [-0.25, -0.2) is 0 Å². The molecule has 0 saturated carbocycles. The first kappa shape index (κ1) is 19.8. The van der Waals surface area contributed by atoms with Gasteiger partial charge in [-0.1, -0.05) is 31.2 Å². The van der Waals surface area contributed by atoms with Crippen LogP contribution >= 0.6 is 0 Å². The molecule has 0 aliphatic heterocycles. The van der Waals surface area contributed by atoms with Crippen molar-refractivity contribution in [2.45, 2.75) is 27.2 Å². The zero-order chi connectivity index (χ0) is 18.8. The Morgan fingerprint density at radius 1 is 1.08 bits per heavy atom. The molecule has 0 radical (unpaired) electrons. The van der Waals surface area contributed by atoms with Crippen LogP contribution in [-0.4, -0.2) is 32.3 Å². The van der Waals surface area contributed by atoms with Gasteiger partial charge in [-0.3, -0.25) is 4.79 Å². The molecule has 2 aromatic rings. The van der Waals surface area contributed by atoms with Crippen molar-refractivity contribution in [2.24, 2.45) is 0 Å². The molecule has 0 aliphatic carbocycles. The second-order valence-electron chi connectivity index (χ2n) is 5.94. The minimum Gasteiger partial charge on any atom is -0.491 e. The Bertz CT molecular complexity index is 716. The number of hydrogen-bond donors (Lipinski definition) is 2. The van der Waals surface area contributed by atoms with Gasteiger partial charge in [0.2, 0.25) is 5.91 Å². The molecule has 0 heterocycles. The lowest BCUT2D eigenvalue weighted by Crippen LogP contribution is -2.22. The Kier molecular flexibility index (Phi) is 7.96. The Labute approximate surface area is 155 Å². The fraction of sp³-hybridized carbons (Fsp3) is 0.381. The molecular formula is C21H28N2O3. The molecule has 0 saturated heterocycles. The number of ether oxygens (including phenoxy) is 2. The first-order valence-electron chi connectivity index (χ1n) is 9.06. The highest BCUT2D eigenvalue weighted by atomic mass is 16.5. The van der Waals surface area contributed by atoms with Gasteiger partial charge >= 0.3 is 0 Å². The molecule has 0 bridgehead atoms. The van der Waals surface area contributed by atoms with Crippen LogP contribution < -0.4 is 15.4 Å². The molecule has 2 rings (SSSR count). The van der Waals surface area contributed by atoms with E-state index in [4.69, 9.17) is 9.47 Å². The number of amides is 1. The van der Waals surface area contributed by atoms with Gasteiger partial charge in [-0.15, -0.1) is 0 Å². The van der Waals surface area contributed by atoms with Crippen molar-refractivity contribution >= 4 is 17.3 Å². The predicted octanol–water partition coefficient (Wildman–Crippen LogP) is 4.02. The van der Waals surface area contributed by atoms with Crippen LogP contribution in [0.15, 0.2) is 42.5 Å². The third kappa shape index (κ3) is 6.08. The lowest BCUT2D eigenvalue weighted by Gasteiger charge is -2.14. The second-order valence-corrected chi connectivity index (χ2v) is 5.94. The Morgan fingerprint density at radius 3 is 2.65 bits per heavy atom. The van der Waals surface area contributed by atoms with Gasteiger partial charge in [0.25, 0.3) is 0 Å². The number of benzene rings is 2. The first-order chi connectivity index (χ1) is 12.6. The molecule has 0 fully saturated rings. The molecule has 140 valence electrons. The summed E-state index contributed by atoms with van der Waals surface area (Å²) in [6, 6.07) is 13.5. The van der Waals surface area contributed by atoms with Gasteiger partial charge < -0.3 is 20.1 Å². The molecule has 5 nitrogen and oxygen atoms in total. The van der Waals surface area contributed by atoms with Crippen LogP contribution in [0.5, 0.6) is 5.75 Å². The van der Waals surface area contributed by atoms with Crippen molar-refractivity contribution in [2.75, 3.05) is 37.0 Å². The number of para-hydroxylation sites is 1. The molecule has 1 amide bonds. The maximum Gasteiger partial charge on any atom is 0.243 e. The summed E-state index contributed by atoms with van der Waals surface area (Å²) >= 11 is 0. The molecule has 0 spiro atoms. The quantitative estimate of drug-likeness (QED) is 0.631. The highest BCUT2D eigenvalue weighted by Gasteiger charge is 2.07. The van der Waals surface area contributed by atoms with Crippen LogP contribution in [0.4, 0.5) is 11.4 Å². The Hall–Kier alpha value is -2.53. The molecule has 0 unspecified atom stereocenters. The summed E-state index contributed by atoms with van der Waals surface area (Å²) in [5, 5.41) is 6.15. The third-order valence-electron chi connectivity index (χ3n) is 3.98. The van der Waals surface area contributed by atoms with E-state index in [0.29, 0.717) is 31.3 Å². The third-order valence-corrected chi connectivity index (χ3v) is 3.98. The summed E-state index contributed by atoms with van der Waals surface area (Å²) < 4.78 is 10.9. The molecule has 2 N–H and O–H groups in total. The van der Waals surface area contributed by atoms with E-state index in [0.717, 1.165) is 17.7 Å². The summed E-state index contributed by atoms with van der Waals surface area (Å²) in [5.74, 6) is 0.615. The number of hydrogen-bond acceptors (Lipinski definition) is 4. The zero-order valence-corrected chi connectivity index (χ0v) is 15.8. The lowest BCUT2D eigenvalue weighted by molar-refractivity contribution is -0.114. The summed E-state index contributed by atoms with van der Waals surface area (Å²) in [7, 11) is 0. The standard InChI is InChI=1S/C21H28N2O3/c1-4-17-9-6-8-16(3)21(17)22-15-20(24)23-18-10-7-11-19(14-18)26-13-12-25-5-2/h6-11,14,22H,4-5,12-13,15H2,1-3H3,(H,23,24). The van der Waals surface area contributed by atoms with Gasteiger partial charge in [0, 0.05) is 24.0 Å². The van der Waals surface area contributed by atoms with Crippen molar-refractivity contribution in [3.05, 3.63) is 53.6 Å². The van der Waals surface area contributed by atoms with E-state index < -0.39 is 0 Å². The number of aryl methyl sites for hydroxylation is 2. The average Bonchev–Trinajstić information content (AvgIpc) is 2.64. The number of nitrogens with one attached hydrogen (secondary N) is 2. The first-order valence-corrected chi connectivity index (χ1v) is 9.06. The summed E-state index contributed by atoms with van der Waals surface area (Å²) in [5.41, 5.74) is 4.11. The number of anilines is 2. The maximum atomic E-state index is 12.3. The molecule has 0 atom stereocenters. The normalized spacial score (nSPS) is 10.4. The molecule has 0 aliphatic rings. The molecule has 26 heavy (non-hydrogen) atoms. The van der Waals surface area contributed by atoms with Gasteiger partial charge in [0.15, 0.2) is 0 Å². The second kappa shape index (κ2) is 10.5. The molecule has 5 heteroatoms. The van der Waals surface area contributed by atoms with E-state index >= 15 is 0 Å². The van der Waals surface area contributed by atoms with Crippen molar-refractivity contribution in [1.82, 2.24) is 0 Å². The fourth-order valence-electron chi connectivity index (χ4n) is 2.68. The highest BCUT2D eigenvalue weighted by molar-refractivity contribution is 5.94. The monoisotopic (exact) mass is 356 g/mol. The largest absolute Gasteiger partial charge is 0.491 e. The zero-order valence-electron chi connectivity index (χ0n) is 15.8. The minimum absolute atomic E-state index is 0.0956. The predicted molar refractivity (Wildman–Crippen MR) is 106 cm³/mol. The number of carbonyl (C=O) groups excluding carboxylic acids is 1. The number of carbonyl (C=O) groups is 1. The fourth-order valence-corrected chi connectivity index (χ4v) is 2.68. The van der Waals surface area contributed by atoms with Gasteiger partial charge in [0.05, 0.1) is 13.2 Å². The molecule has 2 aromatic carbocycles. The van der Waals surface area contributed by atoms with Crippen LogP contribution in [0.2, 0.25) is 0 Å². The lowest BCUT2D eigenvalue weighted by atomic mass is 10.1. The summed E-state index contributed by atoms with van der Waals surface area (Å²) in [6.07, 6.45) is 0.923. The van der Waals surface area contributed by atoms with E-state index in [2.05, 4.69) is 23.6 Å². The van der Waals surface area contributed by atoms with Gasteiger partial charge in [-0.05, 0) is 43.5 Å². The Morgan fingerprint density at radius 2 is 1.88 bits per heavy atom. The van der Waals surface area contributed by atoms with E-state index in [1.165, 1.54) is 5.56 Å². The van der Waals surface area contributed by atoms with Gasteiger partial charge in [0.1, 0.15) is 12.4 Å². The smallest absolute Gasteiger partial charge is 0.243 e. The van der Waals surface area contributed by atoms with E-state index in [1.54, 1.807) is 0 Å². The van der Waals surface area contributed by atoms with Crippen LogP contribution in [0.1, 0.15) is 25.0 Å². The van der Waals surface area contributed by atoms with Crippen molar-refractivity contribution in [1.29, 1.82) is 0 Å². The minimum atomic E-state index is -0.0956. The van der Waals surface area contributed by atoms with E-state index in [9.17, 15) is 4.79 Å². The number of rotatable bonds is 10.